The number of amides is 1. The normalized spacial score (nSPS) is 12.3. The zero-order valence-electron chi connectivity index (χ0n) is 21.3. The summed E-state index contributed by atoms with van der Waals surface area (Å²) in [7, 11) is -2.29. The lowest BCUT2D eigenvalue weighted by Crippen LogP contribution is -2.32. The minimum atomic E-state index is -3.85. The number of carbonyl (C=O) groups is 1. The van der Waals surface area contributed by atoms with E-state index in [2.05, 4.69) is 22.2 Å². The second-order valence-corrected chi connectivity index (χ2v) is 10.2. The maximum Gasteiger partial charge on any atom is 0.242 e. The van der Waals surface area contributed by atoms with E-state index in [0.717, 1.165) is 18.4 Å². The highest BCUT2D eigenvalue weighted by molar-refractivity contribution is 7.89. The van der Waals surface area contributed by atoms with Crippen LogP contribution in [0.5, 0.6) is 11.5 Å². The summed E-state index contributed by atoms with van der Waals surface area (Å²) in [6, 6.07) is 20.1. The Morgan fingerprint density at radius 1 is 1.03 bits per heavy atom. The molecule has 0 fully saturated rings. The Kier molecular flexibility index (Phi) is 10.2. The molecule has 9 heteroatoms. The molecular weight excluding hydrogens is 490 g/mol. The van der Waals surface area contributed by atoms with Crippen molar-refractivity contribution in [2.75, 3.05) is 13.7 Å². The maximum absolute atomic E-state index is 13.0. The van der Waals surface area contributed by atoms with E-state index in [1.165, 1.54) is 6.21 Å². The predicted octanol–water partition coefficient (Wildman–Crippen LogP) is 4.74. The van der Waals surface area contributed by atoms with Crippen molar-refractivity contribution in [2.24, 2.45) is 5.10 Å². The molecule has 8 nitrogen and oxygen atoms in total. The fraction of sp³-hybridized carbons (Fsp3) is 0.286. The third-order valence-electron chi connectivity index (χ3n) is 5.57. The Morgan fingerprint density at radius 3 is 2.43 bits per heavy atom. The molecule has 0 bridgehead atoms. The minimum absolute atomic E-state index is 0.133. The van der Waals surface area contributed by atoms with Crippen molar-refractivity contribution < 1.29 is 22.7 Å². The van der Waals surface area contributed by atoms with Gasteiger partial charge in [-0.2, -0.15) is 5.10 Å². The Balaban J connectivity index is 1.68. The molecule has 0 aliphatic rings. The summed E-state index contributed by atoms with van der Waals surface area (Å²) >= 11 is 0. The first kappa shape index (κ1) is 27.9. The molecule has 0 unspecified atom stereocenters. The Labute approximate surface area is 218 Å². The van der Waals surface area contributed by atoms with E-state index in [0.29, 0.717) is 29.2 Å². The second kappa shape index (κ2) is 13.6. The number of unbranched alkanes of at least 4 members (excludes halogenated alkanes) is 1. The number of benzene rings is 3. The Hall–Kier alpha value is -3.69. The van der Waals surface area contributed by atoms with Crippen LogP contribution in [-0.2, 0) is 14.8 Å². The van der Waals surface area contributed by atoms with Gasteiger partial charge in [-0.15, -0.1) is 0 Å². The van der Waals surface area contributed by atoms with Crippen LogP contribution in [-0.4, -0.2) is 34.3 Å². The van der Waals surface area contributed by atoms with Gasteiger partial charge in [-0.25, -0.2) is 18.6 Å². The van der Waals surface area contributed by atoms with Gasteiger partial charge in [0, 0.05) is 6.42 Å². The average Bonchev–Trinajstić information content (AvgIpc) is 2.89. The number of hydrogen-bond donors (Lipinski definition) is 2. The molecule has 0 aliphatic carbocycles. The van der Waals surface area contributed by atoms with Crippen molar-refractivity contribution in [1.29, 1.82) is 0 Å². The van der Waals surface area contributed by atoms with E-state index in [-0.39, 0.29) is 11.3 Å². The highest BCUT2D eigenvalue weighted by Crippen LogP contribution is 2.28. The average molecular weight is 524 g/mol. The highest BCUT2D eigenvalue weighted by Gasteiger charge is 2.23. The monoisotopic (exact) mass is 523 g/mol. The van der Waals surface area contributed by atoms with Gasteiger partial charge in [0.05, 0.1) is 30.9 Å². The summed E-state index contributed by atoms with van der Waals surface area (Å²) in [6.45, 7) is 4.58. The summed E-state index contributed by atoms with van der Waals surface area (Å²) in [5.41, 5.74) is 4.81. The summed E-state index contributed by atoms with van der Waals surface area (Å²) in [4.78, 5) is 12.8. The lowest BCUT2D eigenvalue weighted by molar-refractivity contribution is -0.121. The molecule has 1 amide bonds. The Morgan fingerprint density at radius 2 is 1.76 bits per heavy atom. The van der Waals surface area contributed by atoms with Gasteiger partial charge in [0.25, 0.3) is 0 Å². The van der Waals surface area contributed by atoms with Crippen LogP contribution < -0.4 is 19.6 Å². The number of ether oxygens (including phenoxy) is 2. The van der Waals surface area contributed by atoms with Crippen molar-refractivity contribution in [2.45, 2.75) is 44.0 Å². The number of carbonyl (C=O) groups excluding carboxylic acids is 1. The number of rotatable bonds is 13. The van der Waals surface area contributed by atoms with Crippen molar-refractivity contribution in [1.82, 2.24) is 10.1 Å². The van der Waals surface area contributed by atoms with Gasteiger partial charge in [0.2, 0.25) is 15.9 Å². The first-order valence-electron chi connectivity index (χ1n) is 12.1. The van der Waals surface area contributed by atoms with Gasteiger partial charge in [-0.1, -0.05) is 61.4 Å². The molecule has 3 aromatic carbocycles. The van der Waals surface area contributed by atoms with Crippen molar-refractivity contribution in [3.8, 4) is 11.5 Å². The van der Waals surface area contributed by atoms with Gasteiger partial charge in [0.15, 0.2) is 11.5 Å². The summed E-state index contributed by atoms with van der Waals surface area (Å²) in [6.07, 6.45) is 3.33. The number of aryl methyl sites for hydroxylation is 1. The van der Waals surface area contributed by atoms with E-state index >= 15 is 0 Å². The molecule has 0 radical (unpaired) electrons. The molecule has 3 aromatic rings. The number of nitrogens with zero attached hydrogens (tertiary/aromatic N) is 1. The summed E-state index contributed by atoms with van der Waals surface area (Å²) in [5.74, 6) is 0.771. The van der Waals surface area contributed by atoms with Crippen LogP contribution >= 0.6 is 0 Å². The molecule has 2 N–H and O–H groups in total. The third kappa shape index (κ3) is 8.44. The van der Waals surface area contributed by atoms with Crippen molar-refractivity contribution in [3.05, 3.63) is 89.5 Å². The molecular formula is C28H33N3O5S. The van der Waals surface area contributed by atoms with Gasteiger partial charge in [-0.3, -0.25) is 4.79 Å². The quantitative estimate of drug-likeness (QED) is 0.191. The zero-order valence-corrected chi connectivity index (χ0v) is 22.1. The first-order chi connectivity index (χ1) is 17.8. The largest absolute Gasteiger partial charge is 0.493 e. The van der Waals surface area contributed by atoms with E-state index in [9.17, 15) is 13.2 Å². The van der Waals surface area contributed by atoms with Crippen LogP contribution in [0.25, 0.3) is 0 Å². The van der Waals surface area contributed by atoms with Crippen LogP contribution in [0, 0.1) is 6.92 Å². The highest BCUT2D eigenvalue weighted by atomic mass is 32.2. The molecule has 0 saturated heterocycles. The fourth-order valence-electron chi connectivity index (χ4n) is 3.51. The SMILES string of the molecule is CCCCOc1ccc(/C=N\NC(=O)C[C@H](NS(=O)(=O)c2ccc(C)cc2)c2ccccc2)cc1OC. The Bertz CT molecular complexity index is 1290. The minimum Gasteiger partial charge on any atom is -0.493 e. The van der Waals surface area contributed by atoms with E-state index in [1.807, 2.05) is 19.1 Å². The van der Waals surface area contributed by atoms with Gasteiger partial charge in [-0.05, 0) is 54.8 Å². The number of hydrogen-bond acceptors (Lipinski definition) is 6. The third-order valence-corrected chi connectivity index (χ3v) is 7.05. The van der Waals surface area contributed by atoms with Crippen LogP contribution in [0.15, 0.2) is 82.8 Å². The fourth-order valence-corrected chi connectivity index (χ4v) is 4.73. The molecule has 3 rings (SSSR count). The number of sulfonamides is 1. The molecule has 37 heavy (non-hydrogen) atoms. The standard InChI is InChI=1S/C28H33N3O5S/c1-4-5-17-36-26-16-13-22(18-27(26)35-3)20-29-30-28(32)19-25(23-9-7-6-8-10-23)31-37(33,34)24-14-11-21(2)12-15-24/h6-16,18,20,25,31H,4-5,17,19H2,1-3H3,(H,30,32)/b29-20-/t25-/m0/s1. The van der Waals surface area contributed by atoms with Crippen LogP contribution in [0.3, 0.4) is 0 Å². The second-order valence-electron chi connectivity index (χ2n) is 8.51. The van der Waals surface area contributed by atoms with Crippen LogP contribution in [0.4, 0.5) is 0 Å². The molecule has 1 atom stereocenters. The van der Waals surface area contributed by atoms with E-state index < -0.39 is 22.0 Å². The first-order valence-corrected chi connectivity index (χ1v) is 13.6. The van der Waals surface area contributed by atoms with Gasteiger partial charge in [0.1, 0.15) is 0 Å². The molecule has 0 spiro atoms. The topological polar surface area (TPSA) is 106 Å². The van der Waals surface area contributed by atoms with Gasteiger partial charge < -0.3 is 9.47 Å². The van der Waals surface area contributed by atoms with Crippen LogP contribution in [0.1, 0.15) is 48.9 Å². The lowest BCUT2D eigenvalue weighted by atomic mass is 10.0. The van der Waals surface area contributed by atoms with Crippen LogP contribution in [0.2, 0.25) is 0 Å². The molecule has 0 heterocycles. The van der Waals surface area contributed by atoms with Crippen molar-refractivity contribution in [3.63, 3.8) is 0 Å². The smallest absolute Gasteiger partial charge is 0.242 e. The maximum atomic E-state index is 13.0. The molecule has 0 saturated carbocycles. The molecule has 0 aromatic heterocycles. The summed E-state index contributed by atoms with van der Waals surface area (Å²) in [5, 5.41) is 4.03. The summed E-state index contributed by atoms with van der Waals surface area (Å²) < 4.78 is 39.8. The zero-order chi connectivity index (χ0) is 26.7. The number of hydrazone groups is 1. The molecule has 0 aliphatic heterocycles. The molecule has 196 valence electrons. The predicted molar refractivity (Wildman–Crippen MR) is 144 cm³/mol. The lowest BCUT2D eigenvalue weighted by Gasteiger charge is -2.18. The van der Waals surface area contributed by atoms with Crippen molar-refractivity contribution >= 4 is 22.1 Å². The van der Waals surface area contributed by atoms with E-state index in [1.54, 1.807) is 67.8 Å². The van der Waals surface area contributed by atoms with Gasteiger partial charge >= 0.3 is 0 Å². The number of methoxy groups -OCH3 is 1. The number of nitrogens with one attached hydrogen (secondary N) is 2. The van der Waals surface area contributed by atoms with E-state index in [4.69, 9.17) is 9.47 Å².